The normalized spacial score (nSPS) is 13.3. The van der Waals surface area contributed by atoms with E-state index in [-0.39, 0.29) is 49.1 Å². The van der Waals surface area contributed by atoms with Crippen molar-refractivity contribution in [2.75, 3.05) is 52.4 Å². The molecule has 9 heteroatoms. The molecule has 2 rings (SSSR count). The lowest BCUT2D eigenvalue weighted by Gasteiger charge is -2.28. The minimum atomic E-state index is -0.283. The van der Waals surface area contributed by atoms with Crippen LogP contribution in [0.5, 0.6) is 0 Å². The lowest BCUT2D eigenvalue weighted by Crippen LogP contribution is -2.47. The number of rotatable bonds is 14. The van der Waals surface area contributed by atoms with Crippen LogP contribution in [0.25, 0.3) is 0 Å². The molecule has 0 bridgehead atoms. The number of halogens is 1. The second-order valence-electron chi connectivity index (χ2n) is 9.00. The maximum Gasteiger partial charge on any atom is 0.243 e. The van der Waals surface area contributed by atoms with Gasteiger partial charge in [0.15, 0.2) is 0 Å². The van der Waals surface area contributed by atoms with Crippen molar-refractivity contribution in [2.24, 2.45) is 5.92 Å². The van der Waals surface area contributed by atoms with Crippen molar-refractivity contribution >= 4 is 17.7 Å². The van der Waals surface area contributed by atoms with Crippen LogP contribution in [0.1, 0.15) is 38.7 Å². The molecule has 1 N–H and O–H groups in total. The number of nitrogens with zero attached hydrogens (tertiary/aromatic N) is 4. The van der Waals surface area contributed by atoms with Crippen LogP contribution in [0.15, 0.2) is 24.3 Å². The molecule has 8 nitrogen and oxygen atoms in total. The summed E-state index contributed by atoms with van der Waals surface area (Å²) in [6.07, 6.45) is 2.48. The summed E-state index contributed by atoms with van der Waals surface area (Å²) in [6, 6.07) is 8.55. The van der Waals surface area contributed by atoms with Crippen LogP contribution in [0, 0.1) is 23.1 Å². The molecule has 1 aliphatic rings. The van der Waals surface area contributed by atoms with Crippen LogP contribution in [-0.4, -0.2) is 84.8 Å². The molecule has 0 spiro atoms. The number of benzene rings is 1. The zero-order chi connectivity index (χ0) is 24.9. The molecule has 3 amide bonds. The zero-order valence-corrected chi connectivity index (χ0v) is 20.3. The minimum Gasteiger partial charge on any atom is -0.343 e. The standard InChI is InChI=1S/C25H36FN5O3/c1-20(2)18-31(24(33)17-28-12-10-21-7-3-4-8-22(21)26)19-25(34)30(16-11-27)15-6-14-29-13-5-9-23(29)32/h3-4,7-8,20,28H,5-6,9-10,12-19H2,1-2H3. The van der Waals surface area contributed by atoms with Crippen molar-refractivity contribution in [1.29, 1.82) is 5.26 Å². The Labute approximate surface area is 201 Å². The molecule has 0 aliphatic carbocycles. The Kier molecular flexibility index (Phi) is 11.5. The van der Waals surface area contributed by atoms with Gasteiger partial charge in [-0.1, -0.05) is 32.0 Å². The van der Waals surface area contributed by atoms with E-state index in [0.29, 0.717) is 51.0 Å². The van der Waals surface area contributed by atoms with Gasteiger partial charge in [-0.2, -0.15) is 5.26 Å². The van der Waals surface area contributed by atoms with Crippen molar-refractivity contribution in [3.05, 3.63) is 35.6 Å². The van der Waals surface area contributed by atoms with E-state index in [0.717, 1.165) is 13.0 Å². The van der Waals surface area contributed by atoms with Crippen molar-refractivity contribution in [2.45, 2.75) is 39.5 Å². The van der Waals surface area contributed by atoms with Crippen LogP contribution in [-0.2, 0) is 20.8 Å². The summed E-state index contributed by atoms with van der Waals surface area (Å²) in [5.74, 6) is -0.464. The quantitative estimate of drug-likeness (QED) is 0.328. The molecule has 1 aliphatic heterocycles. The molecule has 186 valence electrons. The maximum absolute atomic E-state index is 13.7. The van der Waals surface area contributed by atoms with Crippen molar-refractivity contribution in [3.8, 4) is 6.07 Å². The highest BCUT2D eigenvalue weighted by molar-refractivity contribution is 5.86. The number of nitriles is 1. The molecule has 1 fully saturated rings. The lowest BCUT2D eigenvalue weighted by molar-refractivity contribution is -0.140. The highest BCUT2D eigenvalue weighted by Gasteiger charge is 2.23. The number of hydrogen-bond donors (Lipinski definition) is 1. The Morgan fingerprint density at radius 2 is 2.00 bits per heavy atom. The van der Waals surface area contributed by atoms with Crippen LogP contribution >= 0.6 is 0 Å². The largest absolute Gasteiger partial charge is 0.343 e. The van der Waals surface area contributed by atoms with Gasteiger partial charge in [0.05, 0.1) is 19.2 Å². The summed E-state index contributed by atoms with van der Waals surface area (Å²) in [4.78, 5) is 42.2. The lowest BCUT2D eigenvalue weighted by atomic mass is 10.1. The Bertz CT molecular complexity index is 870. The fourth-order valence-corrected chi connectivity index (χ4v) is 3.96. The molecule has 1 aromatic carbocycles. The fraction of sp³-hybridized carbons (Fsp3) is 0.600. The van der Waals surface area contributed by atoms with Gasteiger partial charge in [-0.05, 0) is 43.4 Å². The summed E-state index contributed by atoms with van der Waals surface area (Å²) < 4.78 is 13.7. The van der Waals surface area contributed by atoms with E-state index in [1.807, 2.05) is 19.9 Å². The molecular formula is C25H36FN5O3. The van der Waals surface area contributed by atoms with Crippen molar-refractivity contribution in [1.82, 2.24) is 20.0 Å². The third kappa shape index (κ3) is 9.10. The van der Waals surface area contributed by atoms with Crippen LogP contribution in [0.3, 0.4) is 0 Å². The second-order valence-corrected chi connectivity index (χ2v) is 9.00. The Morgan fingerprint density at radius 3 is 2.65 bits per heavy atom. The molecule has 0 radical (unpaired) electrons. The first-order chi connectivity index (χ1) is 16.3. The van der Waals surface area contributed by atoms with Crippen LogP contribution in [0.4, 0.5) is 4.39 Å². The average molecular weight is 474 g/mol. The molecule has 0 unspecified atom stereocenters. The Morgan fingerprint density at radius 1 is 1.24 bits per heavy atom. The fourth-order valence-electron chi connectivity index (χ4n) is 3.96. The SMILES string of the molecule is CC(C)CN(CC(=O)N(CC#N)CCCN1CCCC1=O)C(=O)CNCCc1ccccc1F. The number of likely N-dealkylation sites (tertiary alicyclic amines) is 1. The smallest absolute Gasteiger partial charge is 0.243 e. The highest BCUT2D eigenvalue weighted by atomic mass is 19.1. The van der Waals surface area contributed by atoms with E-state index < -0.39 is 0 Å². The number of carbonyl (C=O) groups excluding carboxylic acids is 3. The van der Waals surface area contributed by atoms with Gasteiger partial charge < -0.3 is 20.0 Å². The third-order valence-electron chi connectivity index (χ3n) is 5.71. The maximum atomic E-state index is 13.7. The third-order valence-corrected chi connectivity index (χ3v) is 5.71. The van der Waals surface area contributed by atoms with Crippen molar-refractivity contribution in [3.63, 3.8) is 0 Å². The van der Waals surface area contributed by atoms with E-state index >= 15 is 0 Å². The van der Waals surface area contributed by atoms with E-state index in [4.69, 9.17) is 5.26 Å². The van der Waals surface area contributed by atoms with E-state index in [1.54, 1.807) is 23.1 Å². The molecule has 1 aromatic rings. The van der Waals surface area contributed by atoms with Crippen LogP contribution < -0.4 is 5.32 Å². The van der Waals surface area contributed by atoms with Crippen molar-refractivity contribution < 1.29 is 18.8 Å². The van der Waals surface area contributed by atoms with Gasteiger partial charge >= 0.3 is 0 Å². The van der Waals surface area contributed by atoms with Crippen LogP contribution in [0.2, 0.25) is 0 Å². The summed E-state index contributed by atoms with van der Waals surface area (Å²) in [7, 11) is 0. The predicted molar refractivity (Wildman–Crippen MR) is 127 cm³/mol. The second kappa shape index (κ2) is 14.3. The Balaban J connectivity index is 1.85. The predicted octanol–water partition coefficient (Wildman–Crippen LogP) is 1.81. The molecule has 1 heterocycles. The number of hydrogen-bond acceptors (Lipinski definition) is 5. The van der Waals surface area contributed by atoms with E-state index in [2.05, 4.69) is 5.32 Å². The van der Waals surface area contributed by atoms with Gasteiger partial charge in [-0.3, -0.25) is 14.4 Å². The Hall–Kier alpha value is -2.99. The molecular weight excluding hydrogens is 437 g/mol. The zero-order valence-electron chi connectivity index (χ0n) is 20.3. The monoisotopic (exact) mass is 473 g/mol. The summed E-state index contributed by atoms with van der Waals surface area (Å²) in [5, 5.41) is 12.2. The van der Waals surface area contributed by atoms with E-state index in [9.17, 15) is 18.8 Å². The first-order valence-electron chi connectivity index (χ1n) is 12.0. The number of carbonyl (C=O) groups is 3. The van der Waals surface area contributed by atoms with E-state index in [1.165, 1.54) is 15.9 Å². The average Bonchev–Trinajstić information content (AvgIpc) is 3.20. The first-order valence-corrected chi connectivity index (χ1v) is 12.0. The van der Waals surface area contributed by atoms with Gasteiger partial charge in [0, 0.05) is 32.6 Å². The molecule has 34 heavy (non-hydrogen) atoms. The molecule has 1 saturated heterocycles. The minimum absolute atomic E-state index is 0.0454. The number of amides is 3. The van der Waals surface area contributed by atoms with Gasteiger partial charge in [0.1, 0.15) is 12.4 Å². The van der Waals surface area contributed by atoms with Gasteiger partial charge in [0.2, 0.25) is 17.7 Å². The highest BCUT2D eigenvalue weighted by Crippen LogP contribution is 2.10. The van der Waals surface area contributed by atoms with Gasteiger partial charge in [-0.25, -0.2) is 4.39 Å². The topological polar surface area (TPSA) is 96.8 Å². The van der Waals surface area contributed by atoms with Gasteiger partial charge in [0.25, 0.3) is 0 Å². The molecule has 0 atom stereocenters. The summed E-state index contributed by atoms with van der Waals surface area (Å²) in [5.41, 5.74) is 0.583. The summed E-state index contributed by atoms with van der Waals surface area (Å²) in [6.45, 7) is 6.35. The first kappa shape index (κ1) is 27.3. The molecule has 0 aromatic heterocycles. The molecule has 0 saturated carbocycles. The van der Waals surface area contributed by atoms with Gasteiger partial charge in [-0.15, -0.1) is 0 Å². The number of nitrogens with one attached hydrogen (secondary N) is 1. The summed E-state index contributed by atoms with van der Waals surface area (Å²) >= 11 is 0.